The lowest BCUT2D eigenvalue weighted by Crippen LogP contribution is -2.32. The van der Waals surface area contributed by atoms with Gasteiger partial charge in [-0.25, -0.2) is 0 Å². The highest BCUT2D eigenvalue weighted by Gasteiger charge is 2.22. The van der Waals surface area contributed by atoms with E-state index in [4.69, 9.17) is 5.73 Å². The summed E-state index contributed by atoms with van der Waals surface area (Å²) < 4.78 is 0. The highest BCUT2D eigenvalue weighted by atomic mass is 16.2. The van der Waals surface area contributed by atoms with E-state index in [1.54, 1.807) is 12.1 Å². The van der Waals surface area contributed by atoms with E-state index in [1.165, 1.54) is 0 Å². The predicted molar refractivity (Wildman–Crippen MR) is 106 cm³/mol. The molecule has 3 rings (SSSR count). The third-order valence-corrected chi connectivity index (χ3v) is 5.12. The van der Waals surface area contributed by atoms with Gasteiger partial charge in [0.1, 0.15) is 0 Å². The van der Waals surface area contributed by atoms with Crippen molar-refractivity contribution in [3.05, 3.63) is 71.3 Å². The van der Waals surface area contributed by atoms with Crippen LogP contribution >= 0.6 is 0 Å². The molecule has 142 valence electrons. The van der Waals surface area contributed by atoms with E-state index in [0.29, 0.717) is 18.7 Å². The number of amides is 2. The molecular weight excluding hydrogens is 338 g/mol. The molecule has 1 fully saturated rings. The number of carbonyl (C=O) groups excluding carboxylic acids is 2. The van der Waals surface area contributed by atoms with E-state index in [0.717, 1.165) is 36.8 Å². The van der Waals surface area contributed by atoms with Crippen LogP contribution in [0.25, 0.3) is 0 Å². The molecule has 1 aliphatic carbocycles. The van der Waals surface area contributed by atoms with E-state index >= 15 is 0 Å². The van der Waals surface area contributed by atoms with Crippen LogP contribution < -0.4 is 16.4 Å². The first kappa shape index (κ1) is 19.1. The van der Waals surface area contributed by atoms with E-state index in [-0.39, 0.29) is 23.8 Å². The summed E-state index contributed by atoms with van der Waals surface area (Å²) in [7, 11) is 0. The van der Waals surface area contributed by atoms with Crippen LogP contribution in [0, 0.1) is 5.92 Å². The van der Waals surface area contributed by atoms with Gasteiger partial charge >= 0.3 is 0 Å². The van der Waals surface area contributed by atoms with Gasteiger partial charge in [0.25, 0.3) is 5.91 Å². The number of nitrogens with two attached hydrogens (primary N) is 1. The van der Waals surface area contributed by atoms with E-state index in [1.807, 2.05) is 42.5 Å². The molecule has 1 saturated carbocycles. The van der Waals surface area contributed by atoms with Gasteiger partial charge in [0.15, 0.2) is 0 Å². The van der Waals surface area contributed by atoms with E-state index < -0.39 is 0 Å². The highest BCUT2D eigenvalue weighted by molar-refractivity contribution is 5.94. The van der Waals surface area contributed by atoms with E-state index in [2.05, 4.69) is 10.6 Å². The smallest absolute Gasteiger partial charge is 0.251 e. The molecule has 1 unspecified atom stereocenters. The minimum Gasteiger partial charge on any atom is -0.352 e. The monoisotopic (exact) mass is 365 g/mol. The largest absolute Gasteiger partial charge is 0.352 e. The number of hydrogen-bond donors (Lipinski definition) is 3. The highest BCUT2D eigenvalue weighted by Crippen LogP contribution is 2.24. The van der Waals surface area contributed by atoms with Crippen LogP contribution in [0.4, 0.5) is 0 Å². The fourth-order valence-electron chi connectivity index (χ4n) is 3.42. The maximum Gasteiger partial charge on any atom is 0.251 e. The van der Waals surface area contributed by atoms with Crippen molar-refractivity contribution in [2.75, 3.05) is 6.54 Å². The summed E-state index contributed by atoms with van der Waals surface area (Å²) in [6.07, 6.45) is 4.29. The van der Waals surface area contributed by atoms with Crippen LogP contribution in [0.3, 0.4) is 0 Å². The van der Waals surface area contributed by atoms with Crippen LogP contribution in [0.5, 0.6) is 0 Å². The lowest BCUT2D eigenvalue weighted by Gasteiger charge is -2.13. The Kier molecular flexibility index (Phi) is 6.60. The SMILES string of the molecule is NC(CNC(=O)c1ccc(CNC(=O)C2CCCC2)cc1)c1ccccc1. The number of nitrogens with one attached hydrogen (secondary N) is 2. The molecule has 0 heterocycles. The Labute approximate surface area is 160 Å². The van der Waals surface area contributed by atoms with Gasteiger partial charge in [-0.05, 0) is 36.1 Å². The molecule has 0 aliphatic heterocycles. The second-order valence-corrected chi connectivity index (χ2v) is 7.12. The molecule has 1 atom stereocenters. The van der Waals surface area contributed by atoms with Crippen molar-refractivity contribution in [2.24, 2.45) is 11.7 Å². The lowest BCUT2D eigenvalue weighted by molar-refractivity contribution is -0.124. The van der Waals surface area contributed by atoms with Crippen molar-refractivity contribution in [3.63, 3.8) is 0 Å². The molecule has 5 heteroatoms. The zero-order chi connectivity index (χ0) is 19.1. The predicted octanol–water partition coefficient (Wildman–Crippen LogP) is 2.92. The second kappa shape index (κ2) is 9.33. The second-order valence-electron chi connectivity index (χ2n) is 7.12. The molecular formula is C22H27N3O2. The van der Waals surface area contributed by atoms with Crippen LogP contribution in [0.15, 0.2) is 54.6 Å². The Bertz CT molecular complexity index is 753. The van der Waals surface area contributed by atoms with Crippen molar-refractivity contribution in [3.8, 4) is 0 Å². The van der Waals surface area contributed by atoms with Crippen molar-refractivity contribution in [2.45, 2.75) is 38.3 Å². The first-order valence-corrected chi connectivity index (χ1v) is 9.59. The zero-order valence-corrected chi connectivity index (χ0v) is 15.5. The topological polar surface area (TPSA) is 84.2 Å². The summed E-state index contributed by atoms with van der Waals surface area (Å²) in [6.45, 7) is 0.873. The van der Waals surface area contributed by atoms with E-state index in [9.17, 15) is 9.59 Å². The molecule has 0 radical (unpaired) electrons. The number of benzene rings is 2. The number of hydrogen-bond acceptors (Lipinski definition) is 3. The standard InChI is InChI=1S/C22H27N3O2/c23-20(17-6-2-1-3-7-17)15-25-22(27)19-12-10-16(11-13-19)14-24-21(26)18-8-4-5-9-18/h1-3,6-7,10-13,18,20H,4-5,8-9,14-15,23H2,(H,24,26)(H,25,27). The molecule has 5 nitrogen and oxygen atoms in total. The van der Waals surface area contributed by atoms with Crippen LogP contribution in [0.1, 0.15) is 53.2 Å². The van der Waals surface area contributed by atoms with Crippen LogP contribution in [0.2, 0.25) is 0 Å². The quantitative estimate of drug-likeness (QED) is 0.705. The number of rotatable bonds is 7. The van der Waals surface area contributed by atoms with Gasteiger partial charge in [-0.15, -0.1) is 0 Å². The zero-order valence-electron chi connectivity index (χ0n) is 15.5. The first-order chi connectivity index (χ1) is 13.1. The molecule has 2 amide bonds. The fourth-order valence-corrected chi connectivity index (χ4v) is 3.42. The lowest BCUT2D eigenvalue weighted by atomic mass is 10.1. The molecule has 2 aromatic carbocycles. The molecule has 27 heavy (non-hydrogen) atoms. The molecule has 2 aromatic rings. The Hall–Kier alpha value is -2.66. The maximum absolute atomic E-state index is 12.3. The summed E-state index contributed by atoms with van der Waals surface area (Å²) in [5, 5.41) is 5.86. The Morgan fingerprint density at radius 3 is 2.30 bits per heavy atom. The molecule has 4 N–H and O–H groups in total. The molecule has 0 saturated heterocycles. The van der Waals surface area contributed by atoms with Crippen LogP contribution in [-0.2, 0) is 11.3 Å². The van der Waals surface area contributed by atoms with Crippen molar-refractivity contribution >= 4 is 11.8 Å². The third-order valence-electron chi connectivity index (χ3n) is 5.12. The number of carbonyl (C=O) groups is 2. The van der Waals surface area contributed by atoms with Gasteiger partial charge in [-0.1, -0.05) is 55.3 Å². The van der Waals surface area contributed by atoms with Crippen LogP contribution in [-0.4, -0.2) is 18.4 Å². The Morgan fingerprint density at radius 2 is 1.63 bits per heavy atom. The first-order valence-electron chi connectivity index (χ1n) is 9.59. The summed E-state index contributed by atoms with van der Waals surface area (Å²) in [5.41, 5.74) is 8.67. The summed E-state index contributed by atoms with van der Waals surface area (Å²) in [5.74, 6) is 0.163. The minimum atomic E-state index is -0.236. The summed E-state index contributed by atoms with van der Waals surface area (Å²) in [4.78, 5) is 24.4. The molecule has 0 aromatic heterocycles. The summed E-state index contributed by atoms with van der Waals surface area (Å²) >= 11 is 0. The van der Waals surface area contributed by atoms with Gasteiger partial charge in [0.2, 0.25) is 5.91 Å². The summed E-state index contributed by atoms with van der Waals surface area (Å²) in [6, 6.07) is 16.8. The fraction of sp³-hybridized carbons (Fsp3) is 0.364. The average molecular weight is 365 g/mol. The normalized spacial score (nSPS) is 15.3. The molecule has 1 aliphatic rings. The third kappa shape index (κ3) is 5.41. The van der Waals surface area contributed by atoms with Gasteiger partial charge in [-0.3, -0.25) is 9.59 Å². The van der Waals surface area contributed by atoms with Gasteiger partial charge in [0, 0.05) is 30.6 Å². The van der Waals surface area contributed by atoms with Gasteiger partial charge in [0.05, 0.1) is 0 Å². The van der Waals surface area contributed by atoms with Gasteiger partial charge in [-0.2, -0.15) is 0 Å². The maximum atomic E-state index is 12.3. The van der Waals surface area contributed by atoms with Crippen molar-refractivity contribution in [1.29, 1.82) is 0 Å². The minimum absolute atomic E-state index is 0.143. The van der Waals surface area contributed by atoms with Crippen molar-refractivity contribution in [1.82, 2.24) is 10.6 Å². The molecule has 0 bridgehead atoms. The Balaban J connectivity index is 1.46. The molecule has 0 spiro atoms. The Morgan fingerprint density at radius 1 is 0.963 bits per heavy atom. The van der Waals surface area contributed by atoms with Crippen molar-refractivity contribution < 1.29 is 9.59 Å². The van der Waals surface area contributed by atoms with Gasteiger partial charge < -0.3 is 16.4 Å². The average Bonchev–Trinajstić information content (AvgIpc) is 3.26.